The van der Waals surface area contributed by atoms with Crippen molar-refractivity contribution < 1.29 is 9.47 Å². The van der Waals surface area contributed by atoms with Gasteiger partial charge in [0, 0.05) is 6.61 Å². The highest BCUT2D eigenvalue weighted by molar-refractivity contribution is 4.55. The monoisotopic (exact) mass is 172 g/mol. The second kappa shape index (κ2) is 5.55. The fourth-order valence-corrected chi connectivity index (χ4v) is 1.23. The highest BCUT2D eigenvalue weighted by atomic mass is 16.7. The zero-order chi connectivity index (χ0) is 8.81. The minimum absolute atomic E-state index is 0.0905. The van der Waals surface area contributed by atoms with Crippen LogP contribution in [0.25, 0.3) is 0 Å². The summed E-state index contributed by atoms with van der Waals surface area (Å²) in [6.07, 6.45) is 4.81. The van der Waals surface area contributed by atoms with Gasteiger partial charge in [0.25, 0.3) is 0 Å². The second-order valence-corrected chi connectivity index (χ2v) is 3.64. The van der Waals surface area contributed by atoms with Gasteiger partial charge in [-0.15, -0.1) is 0 Å². The first-order valence-electron chi connectivity index (χ1n) is 5.06. The Morgan fingerprint density at radius 2 is 2.33 bits per heavy atom. The summed E-state index contributed by atoms with van der Waals surface area (Å²) in [5, 5.41) is 0. The highest BCUT2D eigenvalue weighted by Gasteiger charge is 2.14. The Morgan fingerprint density at radius 1 is 1.50 bits per heavy atom. The van der Waals surface area contributed by atoms with E-state index in [-0.39, 0.29) is 6.29 Å². The van der Waals surface area contributed by atoms with Crippen LogP contribution >= 0.6 is 0 Å². The number of ether oxygens (including phenoxy) is 2. The van der Waals surface area contributed by atoms with Crippen molar-refractivity contribution in [1.29, 1.82) is 0 Å². The molecule has 72 valence electrons. The van der Waals surface area contributed by atoms with E-state index in [1.54, 1.807) is 0 Å². The molecule has 0 saturated carbocycles. The first-order valence-corrected chi connectivity index (χ1v) is 5.06. The molecular formula is C10H20O2. The van der Waals surface area contributed by atoms with Gasteiger partial charge in [-0.3, -0.25) is 0 Å². The van der Waals surface area contributed by atoms with Crippen LogP contribution in [0.15, 0.2) is 0 Å². The van der Waals surface area contributed by atoms with E-state index < -0.39 is 0 Å². The first kappa shape index (κ1) is 10.0. The topological polar surface area (TPSA) is 18.5 Å². The van der Waals surface area contributed by atoms with Gasteiger partial charge < -0.3 is 9.47 Å². The smallest absolute Gasteiger partial charge is 0.157 e. The molecule has 1 aliphatic heterocycles. The van der Waals surface area contributed by atoms with Crippen molar-refractivity contribution in [1.82, 2.24) is 0 Å². The number of rotatable bonds is 4. The molecule has 0 radical (unpaired) electrons. The third-order valence-electron chi connectivity index (χ3n) is 2.40. The van der Waals surface area contributed by atoms with E-state index in [1.165, 1.54) is 19.3 Å². The van der Waals surface area contributed by atoms with E-state index in [0.29, 0.717) is 5.92 Å². The van der Waals surface area contributed by atoms with Crippen LogP contribution in [0.2, 0.25) is 0 Å². The van der Waals surface area contributed by atoms with Crippen LogP contribution in [0, 0.1) is 5.92 Å². The van der Waals surface area contributed by atoms with Crippen LogP contribution in [-0.2, 0) is 9.47 Å². The van der Waals surface area contributed by atoms with Crippen LogP contribution in [0.4, 0.5) is 0 Å². The molecule has 1 unspecified atom stereocenters. The quantitative estimate of drug-likeness (QED) is 0.649. The Kier molecular flexibility index (Phi) is 4.62. The molecule has 1 saturated heterocycles. The van der Waals surface area contributed by atoms with Gasteiger partial charge in [-0.05, 0) is 25.2 Å². The highest BCUT2D eigenvalue weighted by Crippen LogP contribution is 2.15. The van der Waals surface area contributed by atoms with Crippen molar-refractivity contribution in [3.05, 3.63) is 0 Å². The van der Waals surface area contributed by atoms with Gasteiger partial charge >= 0.3 is 0 Å². The molecule has 0 spiro atoms. The summed E-state index contributed by atoms with van der Waals surface area (Å²) in [4.78, 5) is 0. The van der Waals surface area contributed by atoms with E-state index in [2.05, 4.69) is 13.8 Å². The maximum Gasteiger partial charge on any atom is 0.157 e. The van der Waals surface area contributed by atoms with Crippen molar-refractivity contribution in [3.8, 4) is 0 Å². The van der Waals surface area contributed by atoms with Crippen molar-refractivity contribution in [3.63, 3.8) is 0 Å². The van der Waals surface area contributed by atoms with E-state index >= 15 is 0 Å². The Balaban J connectivity index is 2.05. The van der Waals surface area contributed by atoms with Crippen molar-refractivity contribution >= 4 is 0 Å². The van der Waals surface area contributed by atoms with Gasteiger partial charge in [-0.25, -0.2) is 0 Å². The first-order chi connectivity index (χ1) is 5.83. The molecule has 0 amide bonds. The van der Waals surface area contributed by atoms with Gasteiger partial charge in [0.15, 0.2) is 6.29 Å². The standard InChI is InChI=1S/C10H20O2/c1-3-9(2)8-12-10-6-4-5-7-11-10/h9-10H,3-8H2,1-2H3/t9-,10?/m0/s1. The number of hydrogen-bond donors (Lipinski definition) is 0. The predicted molar refractivity (Wildman–Crippen MR) is 49.0 cm³/mol. The fourth-order valence-electron chi connectivity index (χ4n) is 1.23. The van der Waals surface area contributed by atoms with Gasteiger partial charge in [0.05, 0.1) is 6.61 Å². The minimum Gasteiger partial charge on any atom is -0.353 e. The summed E-state index contributed by atoms with van der Waals surface area (Å²) in [5.41, 5.74) is 0. The van der Waals surface area contributed by atoms with Crippen LogP contribution < -0.4 is 0 Å². The molecule has 0 bridgehead atoms. The lowest BCUT2D eigenvalue weighted by Crippen LogP contribution is -2.24. The third kappa shape index (κ3) is 3.55. The van der Waals surface area contributed by atoms with E-state index in [1.807, 2.05) is 0 Å². The molecule has 0 aromatic rings. The largest absolute Gasteiger partial charge is 0.353 e. The molecule has 0 aliphatic carbocycles. The van der Waals surface area contributed by atoms with Crippen LogP contribution in [-0.4, -0.2) is 19.5 Å². The predicted octanol–water partition coefficient (Wildman–Crippen LogP) is 2.58. The molecule has 0 N–H and O–H groups in total. The summed E-state index contributed by atoms with van der Waals surface area (Å²) < 4.78 is 11.1. The molecule has 12 heavy (non-hydrogen) atoms. The minimum atomic E-state index is 0.0905. The van der Waals surface area contributed by atoms with E-state index in [4.69, 9.17) is 9.47 Å². The van der Waals surface area contributed by atoms with E-state index in [0.717, 1.165) is 19.6 Å². The average molecular weight is 172 g/mol. The fraction of sp³-hybridized carbons (Fsp3) is 1.00. The van der Waals surface area contributed by atoms with Crippen molar-refractivity contribution in [2.45, 2.75) is 45.8 Å². The zero-order valence-electron chi connectivity index (χ0n) is 8.21. The maximum atomic E-state index is 5.61. The van der Waals surface area contributed by atoms with Gasteiger partial charge in [0.1, 0.15) is 0 Å². The summed E-state index contributed by atoms with van der Waals surface area (Å²) in [6, 6.07) is 0. The summed E-state index contributed by atoms with van der Waals surface area (Å²) in [7, 11) is 0. The second-order valence-electron chi connectivity index (χ2n) is 3.64. The molecule has 1 heterocycles. The van der Waals surface area contributed by atoms with Crippen molar-refractivity contribution in [2.24, 2.45) is 5.92 Å². The van der Waals surface area contributed by atoms with Gasteiger partial charge in [-0.1, -0.05) is 20.3 Å². The zero-order valence-corrected chi connectivity index (χ0v) is 8.21. The van der Waals surface area contributed by atoms with Crippen LogP contribution in [0.3, 0.4) is 0 Å². The summed E-state index contributed by atoms with van der Waals surface area (Å²) in [6.45, 7) is 6.13. The lowest BCUT2D eigenvalue weighted by atomic mass is 10.1. The van der Waals surface area contributed by atoms with Crippen LogP contribution in [0.1, 0.15) is 39.5 Å². The molecule has 1 fully saturated rings. The molecule has 0 aromatic heterocycles. The molecular weight excluding hydrogens is 152 g/mol. The van der Waals surface area contributed by atoms with Crippen molar-refractivity contribution in [2.75, 3.05) is 13.2 Å². The molecule has 2 nitrogen and oxygen atoms in total. The number of hydrogen-bond acceptors (Lipinski definition) is 2. The lowest BCUT2D eigenvalue weighted by Gasteiger charge is -2.23. The Labute approximate surface area is 75.2 Å². The summed E-state index contributed by atoms with van der Waals surface area (Å²) >= 11 is 0. The normalized spacial score (nSPS) is 27.0. The van der Waals surface area contributed by atoms with Gasteiger partial charge in [-0.2, -0.15) is 0 Å². The Hall–Kier alpha value is -0.0800. The molecule has 1 rings (SSSR count). The SMILES string of the molecule is CC[C@H](C)COC1CCCCO1. The van der Waals surface area contributed by atoms with Crippen LogP contribution in [0.5, 0.6) is 0 Å². The molecule has 2 heteroatoms. The maximum absolute atomic E-state index is 5.61. The lowest BCUT2D eigenvalue weighted by molar-refractivity contribution is -0.168. The summed E-state index contributed by atoms with van der Waals surface area (Å²) in [5.74, 6) is 0.663. The molecule has 1 aliphatic rings. The molecule has 2 atom stereocenters. The third-order valence-corrected chi connectivity index (χ3v) is 2.40. The Bertz CT molecular complexity index is 108. The van der Waals surface area contributed by atoms with E-state index in [9.17, 15) is 0 Å². The molecule has 0 aromatic carbocycles. The Morgan fingerprint density at radius 3 is 2.92 bits per heavy atom. The van der Waals surface area contributed by atoms with Gasteiger partial charge in [0.2, 0.25) is 0 Å². The average Bonchev–Trinajstić information content (AvgIpc) is 2.16.